The molecule has 0 aliphatic heterocycles. The number of H-pyrrole nitrogens is 1. The minimum absolute atomic E-state index is 0.574. The highest BCUT2D eigenvalue weighted by Gasteiger charge is 2.00. The third-order valence-electron chi connectivity index (χ3n) is 2.23. The number of hydrogen-bond donors (Lipinski definition) is 1. The van der Waals surface area contributed by atoms with Gasteiger partial charge in [0.15, 0.2) is 5.75 Å². The summed E-state index contributed by atoms with van der Waals surface area (Å²) in [6.07, 6.45) is 4.94. The molecule has 0 aliphatic carbocycles. The van der Waals surface area contributed by atoms with Crippen molar-refractivity contribution in [3.05, 3.63) is 42.9 Å². The second-order valence-electron chi connectivity index (χ2n) is 3.31. The summed E-state index contributed by atoms with van der Waals surface area (Å²) >= 11 is 0. The van der Waals surface area contributed by atoms with Crippen LogP contribution < -0.4 is 4.74 Å². The molecule has 0 bridgehead atoms. The summed E-state index contributed by atoms with van der Waals surface area (Å²) in [6.45, 7) is 0. The lowest BCUT2D eigenvalue weighted by molar-refractivity contribution is 0.474. The number of fused-ring (bicyclic) bond motifs is 1. The first-order chi connectivity index (χ1) is 7.92. The lowest BCUT2D eigenvalue weighted by Crippen LogP contribution is -1.89. The standard InChI is InChI=1S/C11H8N4O/c1-2-11-8(3-4-12-11)5-9(1)16-10-6-13-15-14-7-10/h1-7,12H. The van der Waals surface area contributed by atoms with Gasteiger partial charge >= 0.3 is 0 Å². The number of hydrogen-bond acceptors (Lipinski definition) is 4. The fraction of sp³-hybridized carbons (Fsp3) is 0. The maximum absolute atomic E-state index is 5.58. The van der Waals surface area contributed by atoms with Gasteiger partial charge in [-0.05, 0) is 29.5 Å². The molecule has 0 saturated carbocycles. The van der Waals surface area contributed by atoms with Crippen molar-refractivity contribution in [1.29, 1.82) is 0 Å². The Balaban J connectivity index is 1.94. The Morgan fingerprint density at radius 1 is 1.00 bits per heavy atom. The normalized spacial score (nSPS) is 10.5. The summed E-state index contributed by atoms with van der Waals surface area (Å²) in [4.78, 5) is 3.12. The van der Waals surface area contributed by atoms with Gasteiger partial charge in [0, 0.05) is 17.1 Å². The van der Waals surface area contributed by atoms with Gasteiger partial charge in [0.25, 0.3) is 0 Å². The van der Waals surface area contributed by atoms with E-state index in [0.717, 1.165) is 16.7 Å². The van der Waals surface area contributed by atoms with Crippen molar-refractivity contribution in [3.63, 3.8) is 0 Å². The van der Waals surface area contributed by atoms with Crippen LogP contribution in [0, 0.1) is 0 Å². The zero-order valence-corrected chi connectivity index (χ0v) is 8.29. The molecule has 16 heavy (non-hydrogen) atoms. The molecular formula is C11H8N4O. The molecule has 0 aliphatic rings. The van der Waals surface area contributed by atoms with Gasteiger partial charge in [0.1, 0.15) is 5.75 Å². The Bertz CT molecular complexity index is 605. The molecule has 0 spiro atoms. The van der Waals surface area contributed by atoms with Crippen molar-refractivity contribution in [2.24, 2.45) is 0 Å². The summed E-state index contributed by atoms with van der Waals surface area (Å²) in [7, 11) is 0. The molecule has 5 heteroatoms. The van der Waals surface area contributed by atoms with E-state index in [2.05, 4.69) is 20.4 Å². The highest BCUT2D eigenvalue weighted by Crippen LogP contribution is 2.23. The molecule has 2 heterocycles. The molecule has 1 N–H and O–H groups in total. The fourth-order valence-corrected chi connectivity index (χ4v) is 1.51. The van der Waals surface area contributed by atoms with Gasteiger partial charge in [-0.2, -0.15) is 0 Å². The molecule has 0 atom stereocenters. The minimum Gasteiger partial charge on any atom is -0.454 e. The fourth-order valence-electron chi connectivity index (χ4n) is 1.51. The first-order valence-corrected chi connectivity index (χ1v) is 4.80. The molecule has 0 radical (unpaired) electrons. The van der Waals surface area contributed by atoms with Crippen LogP contribution in [0.2, 0.25) is 0 Å². The lowest BCUT2D eigenvalue weighted by atomic mass is 10.2. The molecule has 3 rings (SSSR count). The predicted molar refractivity (Wildman–Crippen MR) is 58.2 cm³/mol. The van der Waals surface area contributed by atoms with Crippen LogP contribution in [0.4, 0.5) is 0 Å². The van der Waals surface area contributed by atoms with Crippen LogP contribution in [0.5, 0.6) is 11.5 Å². The van der Waals surface area contributed by atoms with Crippen molar-refractivity contribution >= 4 is 10.9 Å². The monoisotopic (exact) mass is 212 g/mol. The van der Waals surface area contributed by atoms with Crippen LogP contribution in [0.25, 0.3) is 10.9 Å². The highest BCUT2D eigenvalue weighted by atomic mass is 16.5. The van der Waals surface area contributed by atoms with Crippen LogP contribution in [0.3, 0.4) is 0 Å². The van der Waals surface area contributed by atoms with Gasteiger partial charge in [-0.15, -0.1) is 10.2 Å². The summed E-state index contributed by atoms with van der Waals surface area (Å²) in [5, 5.41) is 11.8. The second-order valence-corrected chi connectivity index (χ2v) is 3.31. The molecule has 0 saturated heterocycles. The van der Waals surface area contributed by atoms with E-state index in [1.54, 1.807) is 0 Å². The van der Waals surface area contributed by atoms with E-state index in [4.69, 9.17) is 4.74 Å². The number of aromatic nitrogens is 4. The number of aromatic amines is 1. The quantitative estimate of drug-likeness (QED) is 0.706. The Morgan fingerprint density at radius 2 is 1.88 bits per heavy atom. The summed E-state index contributed by atoms with van der Waals surface area (Å²) in [6, 6.07) is 7.80. The van der Waals surface area contributed by atoms with E-state index in [1.807, 2.05) is 30.5 Å². The molecule has 0 fully saturated rings. The van der Waals surface area contributed by atoms with Crippen LogP contribution in [0.1, 0.15) is 0 Å². The van der Waals surface area contributed by atoms with Crippen molar-refractivity contribution < 1.29 is 4.74 Å². The van der Waals surface area contributed by atoms with Crippen LogP contribution >= 0.6 is 0 Å². The number of ether oxygens (including phenoxy) is 1. The van der Waals surface area contributed by atoms with Crippen molar-refractivity contribution in [2.45, 2.75) is 0 Å². The summed E-state index contributed by atoms with van der Waals surface area (Å²) in [5.74, 6) is 1.33. The zero-order valence-electron chi connectivity index (χ0n) is 8.29. The molecule has 2 aromatic heterocycles. The van der Waals surface area contributed by atoms with E-state index in [1.165, 1.54) is 12.4 Å². The Morgan fingerprint density at radius 3 is 2.75 bits per heavy atom. The van der Waals surface area contributed by atoms with Crippen LogP contribution in [-0.4, -0.2) is 20.4 Å². The predicted octanol–water partition coefficient (Wildman–Crippen LogP) is 2.15. The largest absolute Gasteiger partial charge is 0.454 e. The van der Waals surface area contributed by atoms with E-state index in [9.17, 15) is 0 Å². The average Bonchev–Trinajstić information content (AvgIpc) is 2.77. The molecule has 5 nitrogen and oxygen atoms in total. The number of nitrogens with one attached hydrogen (secondary N) is 1. The highest BCUT2D eigenvalue weighted by molar-refractivity contribution is 5.80. The van der Waals surface area contributed by atoms with Gasteiger partial charge in [-0.1, -0.05) is 0 Å². The van der Waals surface area contributed by atoms with Crippen LogP contribution in [-0.2, 0) is 0 Å². The van der Waals surface area contributed by atoms with Crippen molar-refractivity contribution in [2.75, 3.05) is 0 Å². The third-order valence-corrected chi connectivity index (χ3v) is 2.23. The Hall–Kier alpha value is -2.43. The van der Waals surface area contributed by atoms with E-state index in [-0.39, 0.29) is 0 Å². The Kier molecular flexibility index (Phi) is 2.00. The molecule has 0 amide bonds. The van der Waals surface area contributed by atoms with Crippen molar-refractivity contribution in [1.82, 2.24) is 20.4 Å². The molecule has 78 valence electrons. The zero-order chi connectivity index (χ0) is 10.8. The second kappa shape index (κ2) is 3.62. The number of rotatable bonds is 2. The summed E-state index contributed by atoms with van der Waals surface area (Å²) in [5.41, 5.74) is 1.08. The van der Waals surface area contributed by atoms with Crippen LogP contribution in [0.15, 0.2) is 42.9 Å². The molecule has 0 unspecified atom stereocenters. The number of benzene rings is 1. The topological polar surface area (TPSA) is 63.7 Å². The first kappa shape index (κ1) is 8.84. The SMILES string of the molecule is c1cc2cc(Oc3cnnnc3)ccc2[nH]1. The minimum atomic E-state index is 0.574. The van der Waals surface area contributed by atoms with E-state index < -0.39 is 0 Å². The average molecular weight is 212 g/mol. The first-order valence-electron chi connectivity index (χ1n) is 4.80. The van der Waals surface area contributed by atoms with Gasteiger partial charge in [0.2, 0.25) is 0 Å². The van der Waals surface area contributed by atoms with Gasteiger partial charge in [-0.25, -0.2) is 0 Å². The maximum atomic E-state index is 5.58. The van der Waals surface area contributed by atoms with E-state index in [0.29, 0.717) is 5.75 Å². The lowest BCUT2D eigenvalue weighted by Gasteiger charge is -2.03. The molecule has 1 aromatic carbocycles. The number of nitrogens with zero attached hydrogens (tertiary/aromatic N) is 3. The summed E-state index contributed by atoms with van der Waals surface area (Å²) < 4.78 is 5.58. The van der Waals surface area contributed by atoms with E-state index >= 15 is 0 Å². The third kappa shape index (κ3) is 1.58. The van der Waals surface area contributed by atoms with Gasteiger partial charge in [0.05, 0.1) is 12.4 Å². The Labute approximate surface area is 91.1 Å². The molecule has 3 aromatic rings. The van der Waals surface area contributed by atoms with Gasteiger partial charge < -0.3 is 9.72 Å². The maximum Gasteiger partial charge on any atom is 0.167 e. The molecular weight excluding hydrogens is 204 g/mol. The van der Waals surface area contributed by atoms with Crippen molar-refractivity contribution in [3.8, 4) is 11.5 Å². The van der Waals surface area contributed by atoms with Gasteiger partial charge in [-0.3, -0.25) is 0 Å². The smallest absolute Gasteiger partial charge is 0.167 e.